The molecule has 2 rings (SSSR count). The van der Waals surface area contributed by atoms with Crippen molar-refractivity contribution in [2.24, 2.45) is 0 Å². The van der Waals surface area contributed by atoms with Crippen LogP contribution in [0.3, 0.4) is 0 Å². The maximum absolute atomic E-state index is 12.0. The number of carbonyl (C=O) groups is 1. The van der Waals surface area contributed by atoms with Crippen molar-refractivity contribution >= 4 is 23.4 Å². The van der Waals surface area contributed by atoms with E-state index in [1.807, 2.05) is 37.3 Å². The third-order valence-corrected chi connectivity index (χ3v) is 3.96. The van der Waals surface area contributed by atoms with Crippen molar-refractivity contribution in [1.29, 1.82) is 0 Å². The average molecular weight is 301 g/mol. The second-order valence-corrected chi connectivity index (χ2v) is 5.77. The lowest BCUT2D eigenvalue weighted by Gasteiger charge is -2.09. The van der Waals surface area contributed by atoms with Crippen LogP contribution in [0, 0.1) is 6.92 Å². The number of thioether (sulfide) groups is 1. The number of hydrogen-bond acceptors (Lipinski definition) is 4. The van der Waals surface area contributed by atoms with Gasteiger partial charge in [0.25, 0.3) is 0 Å². The van der Waals surface area contributed by atoms with Gasteiger partial charge < -0.3 is 5.32 Å². The summed E-state index contributed by atoms with van der Waals surface area (Å²) in [6, 6.07) is 9.83. The zero-order valence-corrected chi connectivity index (χ0v) is 13.1. The largest absolute Gasteiger partial charge is 0.326 e. The Morgan fingerprint density at radius 2 is 2.10 bits per heavy atom. The first kappa shape index (κ1) is 15.5. The number of nitrogens with one attached hydrogen (secondary N) is 1. The lowest BCUT2D eigenvalue weighted by Crippen LogP contribution is -2.13. The van der Waals surface area contributed by atoms with E-state index in [2.05, 4.69) is 22.2 Å². The normalized spacial score (nSPS) is 10.4. The Balaban J connectivity index is 1.82. The summed E-state index contributed by atoms with van der Waals surface area (Å²) in [5, 5.41) is 3.88. The number of nitrogens with zero attached hydrogens (tertiary/aromatic N) is 2. The van der Waals surface area contributed by atoms with Crippen molar-refractivity contribution < 1.29 is 4.79 Å². The predicted octanol–water partition coefficient (Wildman–Crippen LogP) is 3.47. The molecule has 0 radical (unpaired) electrons. The minimum Gasteiger partial charge on any atom is -0.326 e. The molecule has 1 aromatic heterocycles. The highest BCUT2D eigenvalue weighted by Crippen LogP contribution is 2.18. The van der Waals surface area contributed by atoms with Gasteiger partial charge >= 0.3 is 0 Å². The molecule has 1 N–H and O–H groups in total. The van der Waals surface area contributed by atoms with Gasteiger partial charge in [0.05, 0.1) is 5.03 Å². The molecule has 0 unspecified atom stereocenters. The van der Waals surface area contributed by atoms with Crippen molar-refractivity contribution in [3.05, 3.63) is 47.9 Å². The van der Waals surface area contributed by atoms with Crippen LogP contribution in [0.25, 0.3) is 0 Å². The molecule has 2 aromatic rings. The van der Waals surface area contributed by atoms with E-state index in [4.69, 9.17) is 0 Å². The van der Waals surface area contributed by atoms with Crippen LogP contribution in [0.4, 0.5) is 5.69 Å². The van der Waals surface area contributed by atoms with Gasteiger partial charge in [-0.3, -0.25) is 4.79 Å². The van der Waals surface area contributed by atoms with Gasteiger partial charge in [-0.2, -0.15) is 0 Å². The Labute approximate surface area is 129 Å². The van der Waals surface area contributed by atoms with Crippen molar-refractivity contribution in [2.75, 3.05) is 11.1 Å². The van der Waals surface area contributed by atoms with E-state index in [9.17, 15) is 4.79 Å². The molecule has 1 aromatic carbocycles. The molecule has 1 heterocycles. The Bertz CT molecular complexity index is 616. The van der Waals surface area contributed by atoms with E-state index in [1.165, 1.54) is 0 Å². The summed E-state index contributed by atoms with van der Waals surface area (Å²) in [4.78, 5) is 20.2. The van der Waals surface area contributed by atoms with E-state index < -0.39 is 0 Å². The number of rotatable bonds is 6. The molecule has 0 bridgehead atoms. The van der Waals surface area contributed by atoms with E-state index in [0.29, 0.717) is 12.2 Å². The second kappa shape index (κ2) is 7.78. The van der Waals surface area contributed by atoms with Gasteiger partial charge in [-0.05, 0) is 31.0 Å². The third-order valence-electron chi connectivity index (χ3n) is 3.03. The number of hydrogen-bond donors (Lipinski definition) is 1. The maximum atomic E-state index is 12.0. The summed E-state index contributed by atoms with van der Waals surface area (Å²) in [5.74, 6) is 0.741. The number of benzene rings is 1. The molecule has 0 aliphatic heterocycles. The topological polar surface area (TPSA) is 54.9 Å². The molecule has 0 aliphatic rings. The zero-order chi connectivity index (χ0) is 15.1. The number of anilines is 1. The van der Waals surface area contributed by atoms with E-state index in [-0.39, 0.29) is 5.91 Å². The molecule has 0 saturated carbocycles. The van der Waals surface area contributed by atoms with Gasteiger partial charge in [0.1, 0.15) is 6.33 Å². The molecule has 0 fully saturated rings. The number of para-hydroxylation sites is 1. The molecule has 0 spiro atoms. The molecule has 21 heavy (non-hydrogen) atoms. The molecule has 0 aliphatic carbocycles. The van der Waals surface area contributed by atoms with Gasteiger partial charge in [-0.25, -0.2) is 9.97 Å². The van der Waals surface area contributed by atoms with E-state index in [0.717, 1.165) is 28.4 Å². The monoisotopic (exact) mass is 301 g/mol. The first-order valence-electron chi connectivity index (χ1n) is 6.98. The maximum Gasteiger partial charge on any atom is 0.225 e. The van der Waals surface area contributed by atoms with Crippen LogP contribution >= 0.6 is 11.8 Å². The Kier molecular flexibility index (Phi) is 5.75. The molecule has 1 amide bonds. The Morgan fingerprint density at radius 1 is 1.29 bits per heavy atom. The average Bonchev–Trinajstić information content (AvgIpc) is 2.48. The first-order chi connectivity index (χ1) is 10.2. The fraction of sp³-hybridized carbons (Fsp3) is 0.312. The van der Waals surface area contributed by atoms with Crippen LogP contribution in [0.5, 0.6) is 0 Å². The van der Waals surface area contributed by atoms with Crippen LogP contribution in [0.15, 0.2) is 41.7 Å². The van der Waals surface area contributed by atoms with Crippen molar-refractivity contribution in [2.45, 2.75) is 31.7 Å². The summed E-state index contributed by atoms with van der Waals surface area (Å²) in [7, 11) is 0. The van der Waals surface area contributed by atoms with E-state index in [1.54, 1.807) is 18.1 Å². The Morgan fingerprint density at radius 3 is 2.86 bits per heavy atom. The van der Waals surface area contributed by atoms with Crippen LogP contribution in [0.1, 0.15) is 24.6 Å². The molecular weight excluding hydrogens is 282 g/mol. The number of aryl methyl sites for hydroxylation is 2. The predicted molar refractivity (Wildman–Crippen MR) is 86.6 cm³/mol. The smallest absolute Gasteiger partial charge is 0.225 e. The highest BCUT2D eigenvalue weighted by molar-refractivity contribution is 7.99. The zero-order valence-electron chi connectivity index (χ0n) is 12.3. The minimum absolute atomic E-state index is 0.0363. The molecule has 5 heteroatoms. The highest BCUT2D eigenvalue weighted by Gasteiger charge is 2.06. The quantitative estimate of drug-likeness (QED) is 0.655. The van der Waals surface area contributed by atoms with Gasteiger partial charge in [0.15, 0.2) is 0 Å². The summed E-state index contributed by atoms with van der Waals surface area (Å²) in [5.41, 5.74) is 3.01. The van der Waals surface area contributed by atoms with E-state index >= 15 is 0 Å². The standard InChI is InChI=1S/C16H19N3OS/c1-3-13-6-4-5-7-14(13)19-15(20)8-9-21-16-10-12(2)17-11-18-16/h4-7,10-11H,3,8-9H2,1-2H3,(H,19,20). The van der Waals surface area contributed by atoms with Crippen LogP contribution in [-0.4, -0.2) is 21.6 Å². The molecule has 0 saturated heterocycles. The fourth-order valence-electron chi connectivity index (χ4n) is 1.92. The highest BCUT2D eigenvalue weighted by atomic mass is 32.2. The van der Waals surface area contributed by atoms with Gasteiger partial charge in [0, 0.05) is 23.6 Å². The van der Waals surface area contributed by atoms with Crippen LogP contribution < -0.4 is 5.32 Å². The first-order valence-corrected chi connectivity index (χ1v) is 7.97. The van der Waals surface area contributed by atoms with Crippen molar-refractivity contribution in [3.8, 4) is 0 Å². The second-order valence-electron chi connectivity index (χ2n) is 4.65. The molecule has 4 nitrogen and oxygen atoms in total. The van der Waals surface area contributed by atoms with Crippen molar-refractivity contribution in [1.82, 2.24) is 9.97 Å². The number of amides is 1. The third kappa shape index (κ3) is 4.86. The molecule has 0 atom stereocenters. The summed E-state index contributed by atoms with van der Waals surface area (Å²) in [6.07, 6.45) is 2.92. The number of aromatic nitrogens is 2. The molecular formula is C16H19N3OS. The van der Waals surface area contributed by atoms with Gasteiger partial charge in [-0.15, -0.1) is 11.8 Å². The van der Waals surface area contributed by atoms with Gasteiger partial charge in [-0.1, -0.05) is 25.1 Å². The summed E-state index contributed by atoms with van der Waals surface area (Å²) < 4.78 is 0. The molecule has 110 valence electrons. The van der Waals surface area contributed by atoms with Crippen molar-refractivity contribution in [3.63, 3.8) is 0 Å². The number of carbonyl (C=O) groups excluding carboxylic acids is 1. The lowest BCUT2D eigenvalue weighted by atomic mass is 10.1. The van der Waals surface area contributed by atoms with Crippen LogP contribution in [-0.2, 0) is 11.2 Å². The SMILES string of the molecule is CCc1ccccc1NC(=O)CCSc1cc(C)ncn1. The Hall–Kier alpha value is -1.88. The fourth-order valence-corrected chi connectivity index (χ4v) is 2.79. The van der Waals surface area contributed by atoms with Crippen LogP contribution in [0.2, 0.25) is 0 Å². The minimum atomic E-state index is 0.0363. The summed E-state index contributed by atoms with van der Waals surface area (Å²) in [6.45, 7) is 4.01. The lowest BCUT2D eigenvalue weighted by molar-refractivity contribution is -0.115. The summed E-state index contributed by atoms with van der Waals surface area (Å²) >= 11 is 1.57. The van der Waals surface area contributed by atoms with Gasteiger partial charge in [0.2, 0.25) is 5.91 Å².